The number of nitrogens with two attached hydrogens (primary N) is 1. The lowest BCUT2D eigenvalue weighted by molar-refractivity contribution is -0.138. The smallest absolute Gasteiger partial charge is 0.322 e. The fourth-order valence-electron chi connectivity index (χ4n) is 1.04. The molecule has 0 fully saturated rings. The molecule has 1 aromatic heterocycles. The maximum Gasteiger partial charge on any atom is 0.322 e. The maximum absolute atomic E-state index is 10.9. The van der Waals surface area contributed by atoms with Gasteiger partial charge < -0.3 is 16.2 Å². The lowest BCUT2D eigenvalue weighted by Gasteiger charge is -2.04. The van der Waals surface area contributed by atoms with Crippen LogP contribution in [0.3, 0.4) is 0 Å². The second-order valence-corrected chi connectivity index (χ2v) is 3.30. The molecule has 0 unspecified atom stereocenters. The lowest BCUT2D eigenvalue weighted by Crippen LogP contribution is -2.34. The Morgan fingerprint density at radius 1 is 1.71 bits per heavy atom. The summed E-state index contributed by atoms with van der Waals surface area (Å²) in [5.41, 5.74) is 5.84. The molecule has 1 rings (SSSR count). The zero-order valence-electron chi connectivity index (χ0n) is 9.04. The van der Waals surface area contributed by atoms with Gasteiger partial charge in [0, 0.05) is 0 Å². The summed E-state index contributed by atoms with van der Waals surface area (Å²) in [6, 6.07) is -1.03. The maximum atomic E-state index is 10.9. The molecule has 0 saturated carbocycles. The first-order chi connectivity index (χ1) is 8.02. The van der Waals surface area contributed by atoms with Crippen molar-refractivity contribution < 1.29 is 14.7 Å². The van der Waals surface area contributed by atoms with Gasteiger partial charge in [0.05, 0.1) is 19.3 Å². The number of nitrogens with one attached hydrogen (secondary N) is 1. The van der Waals surface area contributed by atoms with E-state index >= 15 is 0 Å². The van der Waals surface area contributed by atoms with Crippen LogP contribution in [0.15, 0.2) is 18.9 Å². The monoisotopic (exact) mass is 239 g/mol. The molecule has 0 saturated heterocycles. The molecule has 1 amide bonds. The number of carbonyl (C=O) groups is 2. The Bertz CT molecular complexity index is 428. The van der Waals surface area contributed by atoms with Crippen LogP contribution in [0.2, 0.25) is 0 Å². The average Bonchev–Trinajstić information content (AvgIpc) is 2.73. The molecule has 8 heteroatoms. The molecule has 1 heterocycles. The van der Waals surface area contributed by atoms with Crippen LogP contribution in [0.25, 0.3) is 0 Å². The Labute approximate surface area is 97.1 Å². The quantitative estimate of drug-likeness (QED) is 0.519. The standard InChI is InChI=1S/C9H13N5O3/c1-2-8(15)11-3-6-4-14(13-12-6)5-7(10)9(16)17/h2,4,7H,1,3,5,10H2,(H,11,15)(H,16,17)/t7-/m0/s1. The molecule has 0 aliphatic rings. The number of aromatic nitrogens is 3. The number of amides is 1. The van der Waals surface area contributed by atoms with Crippen LogP contribution in [0, 0.1) is 0 Å². The first kappa shape index (κ1) is 12.8. The number of nitrogens with zero attached hydrogens (tertiary/aromatic N) is 3. The molecule has 0 aromatic carbocycles. The molecule has 4 N–H and O–H groups in total. The average molecular weight is 239 g/mol. The van der Waals surface area contributed by atoms with Gasteiger partial charge in [-0.15, -0.1) is 5.10 Å². The first-order valence-electron chi connectivity index (χ1n) is 4.80. The highest BCUT2D eigenvalue weighted by molar-refractivity contribution is 5.86. The van der Waals surface area contributed by atoms with Crippen molar-refractivity contribution >= 4 is 11.9 Å². The molecule has 8 nitrogen and oxygen atoms in total. The van der Waals surface area contributed by atoms with Crippen molar-refractivity contribution in [3.8, 4) is 0 Å². The fraction of sp³-hybridized carbons (Fsp3) is 0.333. The fourth-order valence-corrected chi connectivity index (χ4v) is 1.04. The molecular weight excluding hydrogens is 226 g/mol. The molecule has 92 valence electrons. The predicted molar refractivity (Wildman–Crippen MR) is 57.7 cm³/mol. The summed E-state index contributed by atoms with van der Waals surface area (Å²) >= 11 is 0. The van der Waals surface area contributed by atoms with Gasteiger partial charge in [0.1, 0.15) is 11.7 Å². The van der Waals surface area contributed by atoms with E-state index in [0.29, 0.717) is 5.69 Å². The van der Waals surface area contributed by atoms with Gasteiger partial charge in [-0.25, -0.2) is 0 Å². The Hall–Kier alpha value is -2.22. The van der Waals surface area contributed by atoms with Gasteiger partial charge in [0.15, 0.2) is 0 Å². The molecule has 0 radical (unpaired) electrons. The van der Waals surface area contributed by atoms with Gasteiger partial charge in [-0.3, -0.25) is 14.3 Å². The van der Waals surface area contributed by atoms with E-state index in [0.717, 1.165) is 6.08 Å². The van der Waals surface area contributed by atoms with E-state index in [2.05, 4.69) is 22.2 Å². The SMILES string of the molecule is C=CC(=O)NCc1cn(C[C@H](N)C(=O)O)nn1. The van der Waals surface area contributed by atoms with E-state index in [1.54, 1.807) is 0 Å². The van der Waals surface area contributed by atoms with E-state index in [1.807, 2.05) is 0 Å². The zero-order chi connectivity index (χ0) is 12.8. The topological polar surface area (TPSA) is 123 Å². The number of aliphatic carboxylic acids is 1. The highest BCUT2D eigenvalue weighted by Gasteiger charge is 2.13. The second kappa shape index (κ2) is 5.75. The number of carbonyl (C=O) groups excluding carboxylic acids is 1. The summed E-state index contributed by atoms with van der Waals surface area (Å²) in [5.74, 6) is -1.43. The van der Waals surface area contributed by atoms with Gasteiger partial charge in [0.25, 0.3) is 0 Å². The first-order valence-corrected chi connectivity index (χ1v) is 4.80. The van der Waals surface area contributed by atoms with Crippen LogP contribution < -0.4 is 11.1 Å². The van der Waals surface area contributed by atoms with Gasteiger partial charge in [0.2, 0.25) is 5.91 Å². The van der Waals surface area contributed by atoms with Crippen LogP contribution in [-0.2, 0) is 22.7 Å². The summed E-state index contributed by atoms with van der Waals surface area (Å²) in [6.07, 6.45) is 2.66. The Kier molecular flexibility index (Phi) is 4.35. The Balaban J connectivity index is 2.50. The number of rotatable bonds is 6. The summed E-state index contributed by atoms with van der Waals surface area (Å²) < 4.78 is 1.31. The van der Waals surface area contributed by atoms with Crippen LogP contribution >= 0.6 is 0 Å². The minimum atomic E-state index is -1.11. The van der Waals surface area contributed by atoms with Gasteiger partial charge in [-0.05, 0) is 6.08 Å². The largest absolute Gasteiger partial charge is 0.480 e. The minimum absolute atomic E-state index is 0.0255. The number of carboxylic acid groups (broad SMARTS) is 1. The predicted octanol–water partition coefficient (Wildman–Crippen LogP) is -1.51. The molecular formula is C9H13N5O3. The second-order valence-electron chi connectivity index (χ2n) is 3.30. The van der Waals surface area contributed by atoms with Gasteiger partial charge >= 0.3 is 5.97 Å². The summed E-state index contributed by atoms with van der Waals surface area (Å²) in [5, 5.41) is 18.6. The van der Waals surface area contributed by atoms with Crippen molar-refractivity contribution in [2.45, 2.75) is 19.1 Å². The van der Waals surface area contributed by atoms with Crippen molar-refractivity contribution in [2.24, 2.45) is 5.73 Å². The minimum Gasteiger partial charge on any atom is -0.480 e. The highest BCUT2D eigenvalue weighted by atomic mass is 16.4. The van der Waals surface area contributed by atoms with Crippen LogP contribution in [0.1, 0.15) is 5.69 Å². The summed E-state index contributed by atoms with van der Waals surface area (Å²) in [4.78, 5) is 21.4. The van der Waals surface area contributed by atoms with Crippen LogP contribution in [-0.4, -0.2) is 38.0 Å². The van der Waals surface area contributed by atoms with E-state index in [9.17, 15) is 9.59 Å². The third-order valence-corrected chi connectivity index (χ3v) is 1.92. The van der Waals surface area contributed by atoms with Crippen molar-refractivity contribution in [3.63, 3.8) is 0 Å². The molecule has 17 heavy (non-hydrogen) atoms. The molecule has 1 aromatic rings. The van der Waals surface area contributed by atoms with Crippen LogP contribution in [0.4, 0.5) is 0 Å². The van der Waals surface area contributed by atoms with E-state index in [-0.39, 0.29) is 19.0 Å². The third kappa shape index (κ3) is 4.03. The summed E-state index contributed by atoms with van der Waals surface area (Å²) in [7, 11) is 0. The molecule has 0 spiro atoms. The van der Waals surface area contributed by atoms with E-state index in [4.69, 9.17) is 10.8 Å². The van der Waals surface area contributed by atoms with Crippen molar-refractivity contribution in [3.05, 3.63) is 24.5 Å². The third-order valence-electron chi connectivity index (χ3n) is 1.92. The number of hydrogen-bond donors (Lipinski definition) is 3. The number of hydrogen-bond acceptors (Lipinski definition) is 5. The normalized spacial score (nSPS) is 11.8. The van der Waals surface area contributed by atoms with Gasteiger partial charge in [-0.1, -0.05) is 11.8 Å². The molecule has 0 aliphatic carbocycles. The summed E-state index contributed by atoms with van der Waals surface area (Å²) in [6.45, 7) is 3.53. The molecule has 1 atom stereocenters. The van der Waals surface area contributed by atoms with Gasteiger partial charge in [-0.2, -0.15) is 0 Å². The number of carboxylic acids is 1. The van der Waals surface area contributed by atoms with Crippen LogP contribution in [0.5, 0.6) is 0 Å². The van der Waals surface area contributed by atoms with E-state index in [1.165, 1.54) is 10.9 Å². The molecule has 0 aliphatic heterocycles. The lowest BCUT2D eigenvalue weighted by atomic mass is 10.3. The van der Waals surface area contributed by atoms with Crippen molar-refractivity contribution in [2.75, 3.05) is 0 Å². The van der Waals surface area contributed by atoms with Crippen molar-refractivity contribution in [1.82, 2.24) is 20.3 Å². The highest BCUT2D eigenvalue weighted by Crippen LogP contribution is 1.94. The Morgan fingerprint density at radius 2 is 2.41 bits per heavy atom. The Morgan fingerprint density at radius 3 is 3.00 bits per heavy atom. The molecule has 0 bridgehead atoms. The zero-order valence-corrected chi connectivity index (χ0v) is 9.04. The van der Waals surface area contributed by atoms with E-state index < -0.39 is 12.0 Å². The van der Waals surface area contributed by atoms with Crippen molar-refractivity contribution in [1.29, 1.82) is 0 Å².